The van der Waals surface area contributed by atoms with E-state index in [-0.39, 0.29) is 11.4 Å². The van der Waals surface area contributed by atoms with E-state index in [0.717, 1.165) is 12.2 Å². The van der Waals surface area contributed by atoms with Gasteiger partial charge in [-0.05, 0) is 24.3 Å². The summed E-state index contributed by atoms with van der Waals surface area (Å²) in [5.74, 6) is 0.327. The van der Waals surface area contributed by atoms with Crippen molar-refractivity contribution in [3.8, 4) is 5.82 Å². The molecule has 0 unspecified atom stereocenters. The van der Waals surface area contributed by atoms with Gasteiger partial charge >= 0.3 is 5.97 Å². The Bertz CT molecular complexity index is 583. The number of nitrogen functional groups attached to an aromatic ring is 1. The van der Waals surface area contributed by atoms with Gasteiger partial charge in [0.1, 0.15) is 16.4 Å². The summed E-state index contributed by atoms with van der Waals surface area (Å²) in [7, 11) is 0. The summed E-state index contributed by atoms with van der Waals surface area (Å²) in [5.41, 5.74) is 5.92. The van der Waals surface area contributed by atoms with Crippen LogP contribution in [0.25, 0.3) is 5.82 Å². The van der Waals surface area contributed by atoms with E-state index >= 15 is 0 Å². The number of thioether (sulfide) groups is 1. The average molecular weight is 278 g/mol. The van der Waals surface area contributed by atoms with Crippen LogP contribution in [0.2, 0.25) is 0 Å². The predicted molar refractivity (Wildman–Crippen MR) is 73.7 cm³/mol. The van der Waals surface area contributed by atoms with Gasteiger partial charge in [-0.2, -0.15) is 9.78 Å². The molecule has 0 radical (unpaired) electrons. The van der Waals surface area contributed by atoms with Crippen molar-refractivity contribution in [2.75, 3.05) is 11.5 Å². The molecule has 0 aliphatic rings. The maximum Gasteiger partial charge on any atom is 0.342 e. The number of carboxylic acid groups (broad SMARTS) is 1. The molecule has 6 nitrogen and oxygen atoms in total. The van der Waals surface area contributed by atoms with E-state index in [9.17, 15) is 9.90 Å². The van der Waals surface area contributed by atoms with Crippen molar-refractivity contribution in [1.82, 2.24) is 14.8 Å². The van der Waals surface area contributed by atoms with Crippen LogP contribution in [0.4, 0.5) is 5.82 Å². The first-order chi connectivity index (χ1) is 9.15. The molecule has 19 heavy (non-hydrogen) atoms. The molecule has 0 spiro atoms. The molecule has 2 rings (SSSR count). The number of rotatable bonds is 5. The Morgan fingerprint density at radius 1 is 1.53 bits per heavy atom. The summed E-state index contributed by atoms with van der Waals surface area (Å²) in [6.45, 7) is 2.02. The molecular weight excluding hydrogens is 264 g/mol. The van der Waals surface area contributed by atoms with Crippen molar-refractivity contribution in [3.63, 3.8) is 0 Å². The zero-order chi connectivity index (χ0) is 13.8. The van der Waals surface area contributed by atoms with Crippen LogP contribution in [-0.2, 0) is 0 Å². The summed E-state index contributed by atoms with van der Waals surface area (Å²) >= 11 is 1.38. The minimum atomic E-state index is -1.07. The summed E-state index contributed by atoms with van der Waals surface area (Å²) in [4.78, 5) is 15.4. The Labute approximate surface area is 114 Å². The number of hydrogen-bond acceptors (Lipinski definition) is 5. The van der Waals surface area contributed by atoms with Crippen LogP contribution in [0, 0.1) is 0 Å². The second kappa shape index (κ2) is 5.75. The molecule has 7 heteroatoms. The molecule has 2 aromatic heterocycles. The first-order valence-electron chi connectivity index (χ1n) is 5.81. The van der Waals surface area contributed by atoms with Crippen molar-refractivity contribution in [2.24, 2.45) is 0 Å². The fourth-order valence-corrected chi connectivity index (χ4v) is 2.44. The highest BCUT2D eigenvalue weighted by molar-refractivity contribution is 7.99. The van der Waals surface area contributed by atoms with Gasteiger partial charge in [0.05, 0.1) is 0 Å². The lowest BCUT2D eigenvalue weighted by molar-refractivity contribution is 0.0694. The number of nitrogens with two attached hydrogens (primary N) is 1. The third kappa shape index (κ3) is 2.70. The molecule has 0 aliphatic heterocycles. The number of hydrogen-bond donors (Lipinski definition) is 2. The van der Waals surface area contributed by atoms with Gasteiger partial charge in [-0.15, -0.1) is 11.8 Å². The van der Waals surface area contributed by atoms with Gasteiger partial charge in [-0.3, -0.25) is 0 Å². The molecule has 0 atom stereocenters. The summed E-state index contributed by atoms with van der Waals surface area (Å²) in [5, 5.41) is 13.9. The minimum absolute atomic E-state index is 0.0455. The van der Waals surface area contributed by atoms with Gasteiger partial charge in [0.15, 0.2) is 5.82 Å². The molecule has 2 heterocycles. The van der Waals surface area contributed by atoms with E-state index in [0.29, 0.717) is 10.8 Å². The normalized spacial score (nSPS) is 10.6. The van der Waals surface area contributed by atoms with Crippen molar-refractivity contribution < 1.29 is 9.90 Å². The highest BCUT2D eigenvalue weighted by Gasteiger charge is 2.22. The standard InChI is InChI=1S/C12H14N4O2S/c1-2-7-19-11-9(12(17)18)10(13)16(15-11)8-5-3-4-6-14-8/h3-6H,2,7,13H2,1H3,(H,17,18). The van der Waals surface area contributed by atoms with E-state index in [1.807, 2.05) is 6.92 Å². The van der Waals surface area contributed by atoms with Gasteiger partial charge in [0.2, 0.25) is 0 Å². The SMILES string of the molecule is CCCSc1nn(-c2ccccn2)c(N)c1C(=O)O. The van der Waals surface area contributed by atoms with Crippen LogP contribution < -0.4 is 5.73 Å². The van der Waals surface area contributed by atoms with Crippen LogP contribution in [-0.4, -0.2) is 31.6 Å². The molecule has 0 aromatic carbocycles. The van der Waals surface area contributed by atoms with E-state index in [1.54, 1.807) is 24.4 Å². The molecular formula is C12H14N4O2S. The summed E-state index contributed by atoms with van der Waals surface area (Å²) in [6.07, 6.45) is 2.54. The molecule has 3 N–H and O–H groups in total. The fraction of sp³-hybridized carbons (Fsp3) is 0.250. The lowest BCUT2D eigenvalue weighted by Crippen LogP contribution is -2.06. The Kier molecular flexibility index (Phi) is 4.06. The van der Waals surface area contributed by atoms with E-state index in [1.165, 1.54) is 16.4 Å². The quantitative estimate of drug-likeness (QED) is 0.813. The third-order valence-electron chi connectivity index (χ3n) is 2.41. The van der Waals surface area contributed by atoms with Gasteiger partial charge < -0.3 is 10.8 Å². The maximum atomic E-state index is 11.3. The molecule has 0 fully saturated rings. The second-order valence-corrected chi connectivity index (χ2v) is 4.90. The number of pyridine rings is 1. The molecule has 0 saturated carbocycles. The number of nitrogens with zero attached hydrogens (tertiary/aromatic N) is 3. The first kappa shape index (κ1) is 13.4. The summed E-state index contributed by atoms with van der Waals surface area (Å²) < 4.78 is 1.36. The van der Waals surface area contributed by atoms with Crippen molar-refractivity contribution in [2.45, 2.75) is 18.4 Å². The van der Waals surface area contributed by atoms with Crippen LogP contribution in [0.5, 0.6) is 0 Å². The van der Waals surface area contributed by atoms with Crippen molar-refractivity contribution >= 4 is 23.5 Å². The van der Waals surface area contributed by atoms with E-state index in [2.05, 4.69) is 10.1 Å². The number of aromatic carboxylic acids is 1. The molecule has 0 bridgehead atoms. The Morgan fingerprint density at radius 2 is 2.32 bits per heavy atom. The summed E-state index contributed by atoms with van der Waals surface area (Å²) in [6, 6.07) is 5.29. The van der Waals surface area contributed by atoms with Gasteiger partial charge in [0, 0.05) is 6.20 Å². The molecule has 0 amide bonds. The van der Waals surface area contributed by atoms with Crippen LogP contribution in [0.15, 0.2) is 29.4 Å². The lowest BCUT2D eigenvalue weighted by atomic mass is 10.3. The fourth-order valence-electron chi connectivity index (χ4n) is 1.56. The van der Waals surface area contributed by atoms with Crippen LogP contribution in [0.3, 0.4) is 0 Å². The Hall–Kier alpha value is -2.02. The van der Waals surface area contributed by atoms with Gasteiger partial charge in [-0.1, -0.05) is 13.0 Å². The highest BCUT2D eigenvalue weighted by atomic mass is 32.2. The lowest BCUT2D eigenvalue weighted by Gasteiger charge is -2.01. The monoisotopic (exact) mass is 278 g/mol. The smallest absolute Gasteiger partial charge is 0.342 e. The number of anilines is 1. The molecule has 0 aliphatic carbocycles. The largest absolute Gasteiger partial charge is 0.477 e. The molecule has 100 valence electrons. The topological polar surface area (TPSA) is 94.0 Å². The van der Waals surface area contributed by atoms with Gasteiger partial charge in [0.25, 0.3) is 0 Å². The molecule has 0 saturated heterocycles. The Balaban J connectivity index is 2.49. The average Bonchev–Trinajstić information content (AvgIpc) is 2.74. The van der Waals surface area contributed by atoms with Crippen molar-refractivity contribution in [3.05, 3.63) is 30.0 Å². The number of aromatic nitrogens is 3. The zero-order valence-corrected chi connectivity index (χ0v) is 11.2. The van der Waals surface area contributed by atoms with Crippen LogP contribution >= 0.6 is 11.8 Å². The first-order valence-corrected chi connectivity index (χ1v) is 6.79. The van der Waals surface area contributed by atoms with E-state index in [4.69, 9.17) is 5.73 Å². The predicted octanol–water partition coefficient (Wildman–Crippen LogP) is 2.05. The number of carbonyl (C=O) groups is 1. The van der Waals surface area contributed by atoms with E-state index < -0.39 is 5.97 Å². The Morgan fingerprint density at radius 3 is 2.89 bits per heavy atom. The van der Waals surface area contributed by atoms with Crippen LogP contribution in [0.1, 0.15) is 23.7 Å². The van der Waals surface area contributed by atoms with Gasteiger partial charge in [-0.25, -0.2) is 9.78 Å². The third-order valence-corrected chi connectivity index (χ3v) is 3.58. The van der Waals surface area contributed by atoms with Crippen molar-refractivity contribution in [1.29, 1.82) is 0 Å². The highest BCUT2D eigenvalue weighted by Crippen LogP contribution is 2.28. The molecule has 2 aromatic rings. The zero-order valence-electron chi connectivity index (χ0n) is 10.4. The second-order valence-electron chi connectivity index (χ2n) is 3.82. The number of carboxylic acids is 1. The minimum Gasteiger partial charge on any atom is -0.477 e. The maximum absolute atomic E-state index is 11.3.